The molecular weight excluding hydrogens is 212 g/mol. The molecule has 0 spiro atoms. The lowest BCUT2D eigenvalue weighted by Gasteiger charge is -2.17. The van der Waals surface area contributed by atoms with Crippen molar-refractivity contribution in [3.8, 4) is 0 Å². The lowest BCUT2D eigenvalue weighted by molar-refractivity contribution is 0.165. The van der Waals surface area contributed by atoms with E-state index < -0.39 is 0 Å². The molecule has 0 saturated carbocycles. The standard InChI is InChI=1S/C15H12O2/c16-15-13-9-5-4-8-12(13)10-14(17-15)11-6-2-1-3-7-11/h1-9,14H,10H2/p+1. The highest BCUT2D eigenvalue weighted by Gasteiger charge is 2.34. The average Bonchev–Trinajstić information content (AvgIpc) is 2.40. The summed E-state index contributed by atoms with van der Waals surface area (Å²) in [4.78, 5) is 9.89. The van der Waals surface area contributed by atoms with Gasteiger partial charge in [0.05, 0.1) is 0 Å². The van der Waals surface area contributed by atoms with Crippen LogP contribution in [-0.4, -0.2) is 10.8 Å². The van der Waals surface area contributed by atoms with E-state index in [1.54, 1.807) is 0 Å². The van der Waals surface area contributed by atoms with Crippen LogP contribution in [0.4, 0.5) is 0 Å². The summed E-state index contributed by atoms with van der Waals surface area (Å²) in [6.45, 7) is 0. The van der Waals surface area contributed by atoms with E-state index in [0.29, 0.717) is 0 Å². The van der Waals surface area contributed by atoms with E-state index in [0.717, 1.165) is 23.1 Å². The number of rotatable bonds is 1. The van der Waals surface area contributed by atoms with Crippen molar-refractivity contribution in [2.45, 2.75) is 12.5 Å². The molecule has 2 aromatic carbocycles. The van der Waals surface area contributed by atoms with Crippen LogP contribution in [0.5, 0.6) is 0 Å². The Morgan fingerprint density at radius 3 is 2.47 bits per heavy atom. The summed E-state index contributed by atoms with van der Waals surface area (Å²) in [5, 5.41) is 0. The summed E-state index contributed by atoms with van der Waals surface area (Å²) < 4.78 is 5.57. The second kappa shape index (κ2) is 4.06. The number of hydrogen-bond donors (Lipinski definition) is 0. The Labute approximate surface area is 99.9 Å². The number of esters is 1. The molecule has 1 N–H and O–H groups in total. The van der Waals surface area contributed by atoms with Crippen LogP contribution in [0.2, 0.25) is 0 Å². The Hall–Kier alpha value is -2.09. The predicted octanol–water partition coefficient (Wildman–Crippen LogP) is 2.85. The molecule has 0 saturated heterocycles. The molecule has 3 rings (SSSR count). The second-order valence-electron chi connectivity index (χ2n) is 4.18. The first kappa shape index (κ1) is 10.1. The number of benzene rings is 2. The van der Waals surface area contributed by atoms with Crippen molar-refractivity contribution < 1.29 is 9.53 Å². The van der Waals surface area contributed by atoms with Crippen LogP contribution in [0.25, 0.3) is 0 Å². The van der Waals surface area contributed by atoms with E-state index in [-0.39, 0.29) is 12.1 Å². The minimum absolute atomic E-state index is 0.0284. The van der Waals surface area contributed by atoms with Gasteiger partial charge in [-0.2, -0.15) is 0 Å². The largest absolute Gasteiger partial charge is 0.518 e. The summed E-state index contributed by atoms with van der Waals surface area (Å²) in [6, 6.07) is 17.8. The third-order valence-electron chi connectivity index (χ3n) is 3.08. The van der Waals surface area contributed by atoms with E-state index in [1.165, 1.54) is 0 Å². The Kier molecular flexibility index (Phi) is 2.41. The molecule has 1 heterocycles. The average molecular weight is 225 g/mol. The highest BCUT2D eigenvalue weighted by atomic mass is 16.5. The fourth-order valence-corrected chi connectivity index (χ4v) is 2.20. The van der Waals surface area contributed by atoms with E-state index in [4.69, 9.17) is 4.74 Å². The number of carbonyl (C=O) groups excluding carboxylic acids is 1. The molecule has 1 atom stereocenters. The predicted molar refractivity (Wildman–Crippen MR) is 66.5 cm³/mol. The monoisotopic (exact) mass is 225 g/mol. The minimum Gasteiger partial charge on any atom is -0.335 e. The number of fused-ring (bicyclic) bond motifs is 1. The smallest absolute Gasteiger partial charge is 0.335 e. The van der Waals surface area contributed by atoms with Crippen LogP contribution in [0.15, 0.2) is 54.6 Å². The molecule has 0 amide bonds. The van der Waals surface area contributed by atoms with Gasteiger partial charge in [0, 0.05) is 12.0 Å². The van der Waals surface area contributed by atoms with E-state index in [1.807, 2.05) is 54.6 Å². The van der Waals surface area contributed by atoms with Gasteiger partial charge in [-0.25, -0.2) is 0 Å². The summed E-state index contributed by atoms with van der Waals surface area (Å²) in [6.07, 6.45) is 0.704. The van der Waals surface area contributed by atoms with Gasteiger partial charge in [-0.15, -0.1) is 0 Å². The van der Waals surface area contributed by atoms with Gasteiger partial charge in [0.25, 0.3) is 0 Å². The van der Waals surface area contributed by atoms with Crippen LogP contribution < -0.4 is 0 Å². The SMILES string of the molecule is [OH+]=C1OC(c2ccccc2)Cc2ccccc21. The zero-order chi connectivity index (χ0) is 11.7. The van der Waals surface area contributed by atoms with Gasteiger partial charge >= 0.3 is 5.97 Å². The van der Waals surface area contributed by atoms with E-state index in [2.05, 4.69) is 0 Å². The topological polar surface area (TPSA) is 30.6 Å². The lowest BCUT2D eigenvalue weighted by atomic mass is 9.95. The molecule has 0 aliphatic carbocycles. The van der Waals surface area contributed by atoms with Gasteiger partial charge < -0.3 is 9.53 Å². The summed E-state index contributed by atoms with van der Waals surface area (Å²) in [5.41, 5.74) is 3.03. The Morgan fingerprint density at radius 1 is 0.941 bits per heavy atom. The van der Waals surface area contributed by atoms with Crippen LogP contribution >= 0.6 is 0 Å². The highest BCUT2D eigenvalue weighted by Crippen LogP contribution is 2.29. The first-order valence-electron chi connectivity index (χ1n) is 5.70. The molecular formula is C15H13O2+. The molecule has 2 heteroatoms. The lowest BCUT2D eigenvalue weighted by Crippen LogP contribution is -2.22. The van der Waals surface area contributed by atoms with Crippen molar-refractivity contribution in [3.63, 3.8) is 0 Å². The van der Waals surface area contributed by atoms with Crippen molar-refractivity contribution in [1.82, 2.24) is 0 Å². The maximum Gasteiger partial charge on any atom is 0.518 e. The third kappa shape index (κ3) is 1.82. The molecule has 1 unspecified atom stereocenters. The van der Waals surface area contributed by atoms with Crippen molar-refractivity contribution >= 4 is 5.97 Å². The number of hydrogen-bond acceptors (Lipinski definition) is 1. The fourth-order valence-electron chi connectivity index (χ4n) is 2.20. The first-order valence-corrected chi connectivity index (χ1v) is 5.70. The van der Waals surface area contributed by atoms with E-state index >= 15 is 0 Å². The van der Waals surface area contributed by atoms with E-state index in [9.17, 15) is 4.79 Å². The first-order chi connectivity index (χ1) is 8.34. The van der Waals surface area contributed by atoms with Crippen LogP contribution in [0, 0.1) is 0 Å². The maximum absolute atomic E-state index is 9.89. The normalized spacial score (nSPS) is 18.4. The van der Waals surface area contributed by atoms with Crippen molar-refractivity contribution in [2.75, 3.05) is 0 Å². The summed E-state index contributed by atoms with van der Waals surface area (Å²) >= 11 is 0. The van der Waals surface area contributed by atoms with Crippen LogP contribution in [0.1, 0.15) is 22.8 Å². The van der Waals surface area contributed by atoms with Gasteiger partial charge in [0.2, 0.25) is 6.10 Å². The molecule has 2 nitrogen and oxygen atoms in total. The van der Waals surface area contributed by atoms with Crippen molar-refractivity contribution in [3.05, 3.63) is 71.3 Å². The Morgan fingerprint density at radius 2 is 1.65 bits per heavy atom. The number of cyclic esters (lactones) is 1. The van der Waals surface area contributed by atoms with Gasteiger partial charge in [0.15, 0.2) is 0 Å². The van der Waals surface area contributed by atoms with Crippen molar-refractivity contribution in [1.29, 1.82) is 0 Å². The van der Waals surface area contributed by atoms with Crippen molar-refractivity contribution in [2.24, 2.45) is 0 Å². The zero-order valence-corrected chi connectivity index (χ0v) is 9.34. The fraction of sp³-hybridized carbons (Fsp3) is 0.133. The molecule has 17 heavy (non-hydrogen) atoms. The number of ether oxygens (including phenoxy) is 1. The minimum atomic E-state index is -0.0916. The third-order valence-corrected chi connectivity index (χ3v) is 3.08. The molecule has 0 fully saturated rings. The summed E-state index contributed by atoms with van der Waals surface area (Å²) in [5.74, 6) is 0.0284. The zero-order valence-electron chi connectivity index (χ0n) is 9.34. The molecule has 0 bridgehead atoms. The molecule has 0 radical (unpaired) electrons. The molecule has 2 aromatic rings. The molecule has 0 aromatic heterocycles. The molecule has 84 valence electrons. The van der Waals surface area contributed by atoms with Crippen LogP contribution in [-0.2, 0) is 11.2 Å². The Balaban J connectivity index is 1.97. The van der Waals surface area contributed by atoms with Gasteiger partial charge in [-0.3, -0.25) is 0 Å². The summed E-state index contributed by atoms with van der Waals surface area (Å²) in [7, 11) is 0. The second-order valence-corrected chi connectivity index (χ2v) is 4.18. The van der Waals surface area contributed by atoms with Gasteiger partial charge in [-0.1, -0.05) is 48.5 Å². The molecule has 1 aliphatic heterocycles. The molecule has 1 aliphatic rings. The van der Waals surface area contributed by atoms with Crippen LogP contribution in [0.3, 0.4) is 0 Å². The Bertz CT molecular complexity index is 546. The van der Waals surface area contributed by atoms with Gasteiger partial charge in [-0.05, 0) is 11.6 Å². The van der Waals surface area contributed by atoms with Gasteiger partial charge in [0.1, 0.15) is 5.56 Å². The highest BCUT2D eigenvalue weighted by molar-refractivity contribution is 5.92. The quantitative estimate of drug-likeness (QED) is 0.542. The maximum atomic E-state index is 9.89.